The lowest BCUT2D eigenvalue weighted by atomic mass is 10.1. The van der Waals surface area contributed by atoms with Crippen LogP contribution in [-0.2, 0) is 6.42 Å². The maximum absolute atomic E-state index is 11.0. The van der Waals surface area contributed by atoms with Crippen molar-refractivity contribution in [1.82, 2.24) is 20.5 Å². The van der Waals surface area contributed by atoms with Crippen molar-refractivity contribution in [3.05, 3.63) is 47.8 Å². The second kappa shape index (κ2) is 5.28. The minimum Gasteiger partial charge on any atom is -0.465 e. The molecule has 0 aliphatic carbocycles. The second-order valence-corrected chi connectivity index (χ2v) is 4.73. The molecule has 1 atom stereocenters. The van der Waals surface area contributed by atoms with Crippen molar-refractivity contribution in [2.75, 3.05) is 0 Å². The summed E-state index contributed by atoms with van der Waals surface area (Å²) < 4.78 is 5.35. The fourth-order valence-electron chi connectivity index (χ4n) is 2.32. The maximum Gasteiger partial charge on any atom is 0.405 e. The van der Waals surface area contributed by atoms with Gasteiger partial charge in [-0.25, -0.2) is 4.79 Å². The minimum absolute atomic E-state index is 0.264. The molecule has 1 unspecified atom stereocenters. The van der Waals surface area contributed by atoms with E-state index >= 15 is 0 Å². The van der Waals surface area contributed by atoms with Crippen LogP contribution in [0.5, 0.6) is 0 Å². The Hall–Kier alpha value is -2.83. The number of nitrogens with one attached hydrogen (secondary N) is 2. The molecule has 0 saturated heterocycles. The smallest absolute Gasteiger partial charge is 0.405 e. The number of nitrogens with zero attached hydrogens (tertiary/aromatic N) is 2. The van der Waals surface area contributed by atoms with E-state index in [9.17, 15) is 4.79 Å². The van der Waals surface area contributed by atoms with Gasteiger partial charge in [-0.05, 0) is 11.6 Å². The number of aromatic amines is 1. The Morgan fingerprint density at radius 2 is 2.24 bits per heavy atom. The molecule has 1 amide bonds. The van der Waals surface area contributed by atoms with Crippen molar-refractivity contribution >= 4 is 17.0 Å². The molecule has 3 N–H and O–H groups in total. The number of fused-ring (bicyclic) bond motifs is 1. The number of aryl methyl sites for hydroxylation is 1. The number of aromatic nitrogens is 3. The summed E-state index contributed by atoms with van der Waals surface area (Å²) in [4.78, 5) is 14.1. The van der Waals surface area contributed by atoms with Crippen molar-refractivity contribution in [2.24, 2.45) is 0 Å². The molecule has 0 fully saturated rings. The molecule has 0 saturated carbocycles. The predicted octanol–water partition coefficient (Wildman–Crippen LogP) is 2.41. The van der Waals surface area contributed by atoms with Gasteiger partial charge in [0.2, 0.25) is 11.8 Å². The molecule has 2 aromatic heterocycles. The van der Waals surface area contributed by atoms with E-state index in [1.165, 1.54) is 0 Å². The molecule has 7 heteroatoms. The number of carbonyl (C=O) groups is 1. The lowest BCUT2D eigenvalue weighted by molar-refractivity contribution is 0.187. The van der Waals surface area contributed by atoms with Crippen LogP contribution >= 0.6 is 0 Å². The van der Waals surface area contributed by atoms with Gasteiger partial charge < -0.3 is 19.8 Å². The summed E-state index contributed by atoms with van der Waals surface area (Å²) in [5.41, 5.74) is 1.99. The summed E-state index contributed by atoms with van der Waals surface area (Å²) in [6.45, 7) is 1.67. The monoisotopic (exact) mass is 286 g/mol. The first-order valence-electron chi connectivity index (χ1n) is 6.48. The molecule has 3 aromatic rings. The largest absolute Gasteiger partial charge is 0.465 e. The first-order valence-corrected chi connectivity index (χ1v) is 6.48. The number of amides is 1. The molecule has 1 aromatic carbocycles. The molecular weight excluding hydrogens is 272 g/mol. The first-order chi connectivity index (χ1) is 10.1. The van der Waals surface area contributed by atoms with Gasteiger partial charge in [-0.1, -0.05) is 18.2 Å². The van der Waals surface area contributed by atoms with Crippen molar-refractivity contribution in [3.8, 4) is 0 Å². The topological polar surface area (TPSA) is 104 Å². The number of benzene rings is 1. The Kier molecular flexibility index (Phi) is 3.31. The Morgan fingerprint density at radius 1 is 1.43 bits per heavy atom. The van der Waals surface area contributed by atoms with Crippen LogP contribution in [0, 0.1) is 6.92 Å². The molecular formula is C14H14N4O3. The third-order valence-corrected chi connectivity index (χ3v) is 3.24. The molecule has 2 heterocycles. The minimum atomic E-state index is -1.13. The molecule has 21 heavy (non-hydrogen) atoms. The number of rotatable bonds is 4. The lowest BCUT2D eigenvalue weighted by Gasteiger charge is -2.12. The Labute approximate surface area is 120 Å². The standard InChI is InChI=1S/C14H14N4O3/c1-8-17-18-13(21-8)12(16-14(19)20)6-9-7-15-11-5-3-2-4-10(9)11/h2-5,7,12,15-16H,6H2,1H3,(H,19,20). The zero-order valence-corrected chi connectivity index (χ0v) is 11.3. The van der Waals surface area contributed by atoms with Gasteiger partial charge in [0.1, 0.15) is 6.04 Å². The third-order valence-electron chi connectivity index (χ3n) is 3.24. The van der Waals surface area contributed by atoms with Crippen molar-refractivity contribution < 1.29 is 14.3 Å². The van der Waals surface area contributed by atoms with Crippen molar-refractivity contribution in [2.45, 2.75) is 19.4 Å². The third kappa shape index (κ3) is 2.71. The van der Waals surface area contributed by atoms with Gasteiger partial charge in [-0.15, -0.1) is 10.2 Å². The average molecular weight is 286 g/mol. The number of carboxylic acid groups (broad SMARTS) is 1. The molecule has 0 aliphatic heterocycles. The van der Waals surface area contributed by atoms with E-state index in [2.05, 4.69) is 20.5 Å². The molecule has 0 aliphatic rings. The quantitative estimate of drug-likeness (QED) is 0.683. The summed E-state index contributed by atoms with van der Waals surface area (Å²) in [5.74, 6) is 0.668. The average Bonchev–Trinajstić information content (AvgIpc) is 3.05. The highest BCUT2D eigenvalue weighted by Gasteiger charge is 2.22. The van der Waals surface area contributed by atoms with E-state index in [-0.39, 0.29) is 5.89 Å². The van der Waals surface area contributed by atoms with E-state index in [4.69, 9.17) is 9.52 Å². The van der Waals surface area contributed by atoms with Crippen LogP contribution < -0.4 is 5.32 Å². The number of hydrogen-bond acceptors (Lipinski definition) is 4. The molecule has 108 valence electrons. The fourth-order valence-corrected chi connectivity index (χ4v) is 2.32. The maximum atomic E-state index is 11.0. The van der Waals surface area contributed by atoms with Crippen LogP contribution in [0.15, 0.2) is 34.9 Å². The van der Waals surface area contributed by atoms with Gasteiger partial charge in [0.15, 0.2) is 0 Å². The van der Waals surface area contributed by atoms with Gasteiger partial charge in [0.05, 0.1) is 0 Å². The highest BCUT2D eigenvalue weighted by molar-refractivity contribution is 5.83. The van der Waals surface area contributed by atoms with E-state index in [1.807, 2.05) is 30.5 Å². The Morgan fingerprint density at radius 3 is 2.95 bits per heavy atom. The summed E-state index contributed by atoms with van der Waals surface area (Å²) in [6.07, 6.45) is 1.17. The van der Waals surface area contributed by atoms with Gasteiger partial charge >= 0.3 is 6.09 Å². The molecule has 7 nitrogen and oxygen atoms in total. The molecule has 0 bridgehead atoms. The SMILES string of the molecule is Cc1nnc(C(Cc2c[nH]c3ccccc23)NC(=O)O)o1. The Bertz CT molecular complexity index is 777. The second-order valence-electron chi connectivity index (χ2n) is 4.73. The zero-order valence-electron chi connectivity index (χ0n) is 11.3. The van der Waals surface area contributed by atoms with Crippen LogP contribution in [0.4, 0.5) is 4.79 Å². The van der Waals surface area contributed by atoms with Gasteiger partial charge in [0.25, 0.3) is 0 Å². The van der Waals surface area contributed by atoms with E-state index in [0.29, 0.717) is 12.3 Å². The Balaban J connectivity index is 1.92. The molecule has 3 rings (SSSR count). The lowest BCUT2D eigenvalue weighted by Crippen LogP contribution is -2.28. The van der Waals surface area contributed by atoms with E-state index in [0.717, 1.165) is 16.5 Å². The summed E-state index contributed by atoms with van der Waals surface area (Å²) in [5, 5.41) is 20.1. The van der Waals surface area contributed by atoms with Crippen LogP contribution in [0.3, 0.4) is 0 Å². The zero-order chi connectivity index (χ0) is 14.8. The van der Waals surface area contributed by atoms with Crippen molar-refractivity contribution in [1.29, 1.82) is 0 Å². The molecule has 0 spiro atoms. The first kappa shape index (κ1) is 13.2. The normalized spacial score (nSPS) is 12.4. The highest BCUT2D eigenvalue weighted by atomic mass is 16.4. The van der Waals surface area contributed by atoms with Gasteiger partial charge in [-0.2, -0.15) is 0 Å². The molecule has 0 radical (unpaired) electrons. The number of para-hydroxylation sites is 1. The van der Waals surface area contributed by atoms with Crippen LogP contribution in [0.1, 0.15) is 23.4 Å². The van der Waals surface area contributed by atoms with Gasteiger partial charge in [-0.3, -0.25) is 0 Å². The summed E-state index contributed by atoms with van der Waals surface area (Å²) >= 11 is 0. The van der Waals surface area contributed by atoms with E-state index in [1.54, 1.807) is 6.92 Å². The van der Waals surface area contributed by atoms with Crippen molar-refractivity contribution in [3.63, 3.8) is 0 Å². The predicted molar refractivity (Wildman–Crippen MR) is 74.9 cm³/mol. The van der Waals surface area contributed by atoms with Crippen LogP contribution in [0.2, 0.25) is 0 Å². The summed E-state index contributed by atoms with van der Waals surface area (Å²) in [6, 6.07) is 7.25. The van der Waals surface area contributed by atoms with Gasteiger partial charge in [0, 0.05) is 30.4 Å². The van der Waals surface area contributed by atoms with Crippen LogP contribution in [-0.4, -0.2) is 26.4 Å². The van der Waals surface area contributed by atoms with Crippen LogP contribution in [0.25, 0.3) is 10.9 Å². The number of H-pyrrole nitrogens is 1. The summed E-state index contributed by atoms with van der Waals surface area (Å²) in [7, 11) is 0. The highest BCUT2D eigenvalue weighted by Crippen LogP contribution is 2.24. The van der Waals surface area contributed by atoms with E-state index < -0.39 is 12.1 Å². The number of hydrogen-bond donors (Lipinski definition) is 3. The fraction of sp³-hybridized carbons (Fsp3) is 0.214.